The van der Waals surface area contributed by atoms with Gasteiger partial charge in [0.15, 0.2) is 0 Å². The van der Waals surface area contributed by atoms with E-state index in [0.717, 1.165) is 10.7 Å². The van der Waals surface area contributed by atoms with Crippen LogP contribution < -0.4 is 5.32 Å². The van der Waals surface area contributed by atoms with Gasteiger partial charge in [-0.15, -0.1) is 0 Å². The Bertz CT molecular complexity index is 601. The molecule has 1 aliphatic rings. The first kappa shape index (κ1) is 16.6. The number of hydrogen-bond donors (Lipinski definition) is 3. The van der Waals surface area contributed by atoms with Gasteiger partial charge in [-0.2, -0.15) is 4.31 Å². The lowest BCUT2D eigenvalue weighted by Gasteiger charge is -2.18. The number of aliphatic hydroxyl groups excluding tert-OH is 2. The fourth-order valence-electron chi connectivity index (χ4n) is 2.06. The van der Waals surface area contributed by atoms with E-state index in [1.165, 1.54) is 12.3 Å². The molecule has 0 aliphatic carbocycles. The molecule has 2 unspecified atom stereocenters. The second-order valence-electron chi connectivity index (χ2n) is 4.88. The van der Waals surface area contributed by atoms with Crippen molar-refractivity contribution in [2.75, 3.05) is 25.0 Å². The number of nitrogens with zero attached hydrogens (tertiary/aromatic N) is 2. The van der Waals surface area contributed by atoms with Gasteiger partial charge in [0.2, 0.25) is 10.0 Å². The summed E-state index contributed by atoms with van der Waals surface area (Å²) in [5.41, 5.74) is 0. The minimum atomic E-state index is -3.83. The molecule has 1 saturated heterocycles. The largest absolute Gasteiger partial charge is 0.389 e. The lowest BCUT2D eigenvalue weighted by Crippen LogP contribution is -2.30. The second kappa shape index (κ2) is 6.57. The maximum absolute atomic E-state index is 12.7. The highest BCUT2D eigenvalue weighted by Gasteiger charge is 2.38. The molecule has 118 valence electrons. The predicted octanol–water partition coefficient (Wildman–Crippen LogP) is 0.392. The number of anilines is 1. The number of pyridine rings is 1. The summed E-state index contributed by atoms with van der Waals surface area (Å²) in [5.74, 6) is 0.274. The quantitative estimate of drug-likeness (QED) is 0.683. The van der Waals surface area contributed by atoms with E-state index in [1.807, 2.05) is 6.92 Å². The van der Waals surface area contributed by atoms with Gasteiger partial charge in [-0.1, -0.05) is 6.92 Å². The Morgan fingerprint density at radius 3 is 2.62 bits per heavy atom. The number of aliphatic hydroxyl groups is 2. The zero-order valence-electron chi connectivity index (χ0n) is 11.5. The molecule has 2 heterocycles. The lowest BCUT2D eigenvalue weighted by molar-refractivity contribution is 0.0572. The van der Waals surface area contributed by atoms with Crippen molar-refractivity contribution in [1.29, 1.82) is 0 Å². The maximum atomic E-state index is 12.7. The highest BCUT2D eigenvalue weighted by atomic mass is 79.9. The number of nitrogens with one attached hydrogen (secondary N) is 1. The highest BCUT2D eigenvalue weighted by Crippen LogP contribution is 2.28. The summed E-state index contributed by atoms with van der Waals surface area (Å²) in [5, 5.41) is 22.1. The van der Waals surface area contributed by atoms with Crippen molar-refractivity contribution < 1.29 is 18.6 Å². The van der Waals surface area contributed by atoms with E-state index in [0.29, 0.717) is 11.0 Å². The summed E-state index contributed by atoms with van der Waals surface area (Å²) in [6.45, 7) is 2.32. The van der Waals surface area contributed by atoms with Gasteiger partial charge >= 0.3 is 0 Å². The summed E-state index contributed by atoms with van der Waals surface area (Å²) < 4.78 is 26.9. The monoisotopic (exact) mass is 379 g/mol. The summed E-state index contributed by atoms with van der Waals surface area (Å²) >= 11 is 3.22. The summed E-state index contributed by atoms with van der Waals surface area (Å²) in [4.78, 5) is 4.14. The SMILES string of the molecule is CCCNc1ncc(Br)cc1S(=O)(=O)N1CC(O)C(O)C1. The Balaban J connectivity index is 2.37. The van der Waals surface area contributed by atoms with E-state index in [-0.39, 0.29) is 23.8 Å². The van der Waals surface area contributed by atoms with Crippen LogP contribution in [0.2, 0.25) is 0 Å². The Hall–Kier alpha value is -0.740. The average Bonchev–Trinajstić information content (AvgIpc) is 2.78. The topological polar surface area (TPSA) is 103 Å². The van der Waals surface area contributed by atoms with Crippen LogP contribution >= 0.6 is 15.9 Å². The van der Waals surface area contributed by atoms with E-state index in [1.54, 1.807) is 0 Å². The van der Waals surface area contributed by atoms with Crippen molar-refractivity contribution in [3.05, 3.63) is 16.7 Å². The van der Waals surface area contributed by atoms with Gasteiger partial charge in [0.25, 0.3) is 0 Å². The molecule has 0 spiro atoms. The second-order valence-corrected chi connectivity index (χ2v) is 7.71. The van der Waals surface area contributed by atoms with Crippen LogP contribution in [-0.2, 0) is 10.0 Å². The molecule has 9 heteroatoms. The molecule has 0 radical (unpaired) electrons. The summed E-state index contributed by atoms with van der Waals surface area (Å²) in [7, 11) is -3.83. The molecule has 1 aliphatic heterocycles. The van der Waals surface area contributed by atoms with Gasteiger partial charge in [-0.05, 0) is 28.4 Å². The molecule has 7 nitrogen and oxygen atoms in total. The molecule has 1 aromatic rings. The maximum Gasteiger partial charge on any atom is 0.246 e. The first-order valence-corrected chi connectivity index (χ1v) is 8.85. The molecule has 1 aromatic heterocycles. The highest BCUT2D eigenvalue weighted by molar-refractivity contribution is 9.10. The van der Waals surface area contributed by atoms with Gasteiger partial charge in [-0.25, -0.2) is 13.4 Å². The zero-order chi connectivity index (χ0) is 15.6. The fourth-order valence-corrected chi connectivity index (χ4v) is 4.17. The van der Waals surface area contributed by atoms with E-state index in [2.05, 4.69) is 26.2 Å². The molecule has 1 fully saturated rings. The fraction of sp³-hybridized carbons (Fsp3) is 0.583. The molecule has 0 bridgehead atoms. The molecule has 2 atom stereocenters. The Labute approximate surface area is 132 Å². The molecule has 2 rings (SSSR count). The van der Waals surface area contributed by atoms with E-state index < -0.39 is 22.2 Å². The number of sulfonamides is 1. The minimum absolute atomic E-state index is 0.0339. The minimum Gasteiger partial charge on any atom is -0.389 e. The number of β-amino-alcohol motifs (C(OH)–C–C–N with tert-alkyl or cyclic N) is 2. The Morgan fingerprint density at radius 1 is 1.43 bits per heavy atom. The van der Waals surface area contributed by atoms with E-state index >= 15 is 0 Å². The van der Waals surface area contributed by atoms with E-state index in [9.17, 15) is 18.6 Å². The van der Waals surface area contributed by atoms with E-state index in [4.69, 9.17) is 0 Å². The van der Waals surface area contributed by atoms with Crippen molar-refractivity contribution in [3.63, 3.8) is 0 Å². The smallest absolute Gasteiger partial charge is 0.246 e. The van der Waals surface area contributed by atoms with Crippen LogP contribution in [0.1, 0.15) is 13.3 Å². The molecule has 21 heavy (non-hydrogen) atoms. The van der Waals surface area contributed by atoms with Crippen molar-refractivity contribution in [2.45, 2.75) is 30.4 Å². The first-order valence-electron chi connectivity index (χ1n) is 6.62. The van der Waals surface area contributed by atoms with Gasteiger partial charge < -0.3 is 15.5 Å². The third-order valence-electron chi connectivity index (χ3n) is 3.21. The van der Waals surface area contributed by atoms with Crippen LogP contribution in [0.5, 0.6) is 0 Å². The number of rotatable bonds is 5. The Morgan fingerprint density at radius 2 is 2.05 bits per heavy atom. The van der Waals surface area contributed by atoms with Crippen LogP contribution in [0.25, 0.3) is 0 Å². The molecule has 3 N–H and O–H groups in total. The van der Waals surface area contributed by atoms with Crippen LogP contribution in [0, 0.1) is 0 Å². The third kappa shape index (κ3) is 3.54. The van der Waals surface area contributed by atoms with Crippen molar-refractivity contribution in [2.24, 2.45) is 0 Å². The molecule has 0 aromatic carbocycles. The Kier molecular flexibility index (Phi) is 5.20. The molecule has 0 amide bonds. The summed E-state index contributed by atoms with van der Waals surface area (Å²) in [6.07, 6.45) is 0.224. The van der Waals surface area contributed by atoms with Crippen LogP contribution in [0.3, 0.4) is 0 Å². The summed E-state index contributed by atoms with van der Waals surface area (Å²) in [6, 6.07) is 1.47. The van der Waals surface area contributed by atoms with Gasteiger partial charge in [0.1, 0.15) is 10.7 Å². The van der Waals surface area contributed by atoms with Gasteiger partial charge in [-0.3, -0.25) is 0 Å². The van der Waals surface area contributed by atoms with Crippen LogP contribution in [0.4, 0.5) is 5.82 Å². The third-order valence-corrected chi connectivity index (χ3v) is 5.48. The van der Waals surface area contributed by atoms with Gasteiger partial charge in [0, 0.05) is 30.3 Å². The van der Waals surface area contributed by atoms with Crippen molar-refractivity contribution in [1.82, 2.24) is 9.29 Å². The number of aromatic nitrogens is 1. The molecular weight excluding hydrogens is 362 g/mol. The van der Waals surface area contributed by atoms with Crippen LogP contribution in [0.15, 0.2) is 21.6 Å². The van der Waals surface area contributed by atoms with Crippen molar-refractivity contribution in [3.8, 4) is 0 Å². The average molecular weight is 380 g/mol. The van der Waals surface area contributed by atoms with Crippen LogP contribution in [-0.4, -0.2) is 59.8 Å². The standard InChI is InChI=1S/C12H18BrN3O4S/c1-2-3-14-12-11(4-8(13)5-15-12)21(19,20)16-6-9(17)10(18)7-16/h4-5,9-10,17-18H,2-3,6-7H2,1H3,(H,14,15). The number of hydrogen-bond acceptors (Lipinski definition) is 6. The van der Waals surface area contributed by atoms with Gasteiger partial charge in [0.05, 0.1) is 12.2 Å². The predicted molar refractivity (Wildman–Crippen MR) is 81.5 cm³/mol. The van der Waals surface area contributed by atoms with Crippen molar-refractivity contribution >= 4 is 31.8 Å². The first-order chi connectivity index (χ1) is 9.86. The molecular formula is C12H18BrN3O4S. The molecule has 0 saturated carbocycles. The number of halogens is 1. The zero-order valence-corrected chi connectivity index (χ0v) is 13.9. The normalized spacial score (nSPS) is 23.4. The lowest BCUT2D eigenvalue weighted by atomic mass is 10.3.